The molecule has 0 bridgehead atoms. The van der Waals surface area contributed by atoms with Crippen LogP contribution in [0.4, 0.5) is 4.79 Å². The van der Waals surface area contributed by atoms with Gasteiger partial charge >= 0.3 is 24.1 Å². The molecular weight excluding hydrogens is 458 g/mol. The van der Waals surface area contributed by atoms with Crippen LogP contribution in [0.15, 0.2) is 18.2 Å². The molecule has 1 aromatic rings. The normalized spacial score (nSPS) is 13.2. The topological polar surface area (TPSA) is 140 Å². The van der Waals surface area contributed by atoms with Crippen molar-refractivity contribution in [2.75, 3.05) is 7.11 Å². The van der Waals surface area contributed by atoms with Crippen LogP contribution in [-0.4, -0.2) is 49.4 Å². The molecule has 10 heteroatoms. The number of methoxy groups -OCH3 is 1. The summed E-state index contributed by atoms with van der Waals surface area (Å²) in [6.07, 6.45) is 1.16. The van der Waals surface area contributed by atoms with Crippen LogP contribution in [0.2, 0.25) is 0 Å². The van der Waals surface area contributed by atoms with Gasteiger partial charge in [-0.1, -0.05) is 32.8 Å². The molecule has 0 aliphatic heterocycles. The largest absolute Gasteiger partial charge is 0.508 e. The second-order valence-electron chi connectivity index (χ2n) is 8.17. The summed E-state index contributed by atoms with van der Waals surface area (Å²) in [6, 6.07) is 3.62. The highest BCUT2D eigenvalue weighted by molar-refractivity contribution is 5.77. The maximum absolute atomic E-state index is 12.4. The van der Waals surface area contributed by atoms with E-state index in [0.29, 0.717) is 18.4 Å². The lowest BCUT2D eigenvalue weighted by molar-refractivity contribution is -0.155. The van der Waals surface area contributed by atoms with Crippen molar-refractivity contribution in [2.24, 2.45) is 5.73 Å². The van der Waals surface area contributed by atoms with Crippen LogP contribution < -0.4 is 15.2 Å². The average Bonchev–Trinajstić information content (AvgIpc) is 2.82. The number of ether oxygens (including phenoxy) is 5. The molecule has 1 aromatic carbocycles. The quantitative estimate of drug-likeness (QED) is 0.299. The maximum Gasteiger partial charge on any atom is 0.508 e. The molecular formula is C25H37NO9. The van der Waals surface area contributed by atoms with E-state index >= 15 is 0 Å². The molecule has 0 saturated heterocycles. The number of rotatable bonds is 14. The van der Waals surface area contributed by atoms with Crippen LogP contribution in [-0.2, 0) is 35.0 Å². The molecule has 1 rings (SSSR count). The summed E-state index contributed by atoms with van der Waals surface area (Å²) in [6.45, 7) is 7.04. The molecule has 3 atom stereocenters. The number of hydrogen-bond acceptors (Lipinski definition) is 10. The van der Waals surface area contributed by atoms with Crippen molar-refractivity contribution < 1.29 is 42.9 Å². The first-order chi connectivity index (χ1) is 16.6. The zero-order valence-electron chi connectivity index (χ0n) is 21.2. The van der Waals surface area contributed by atoms with Gasteiger partial charge in [0.1, 0.15) is 18.2 Å². The van der Waals surface area contributed by atoms with Crippen LogP contribution >= 0.6 is 0 Å². The van der Waals surface area contributed by atoms with E-state index < -0.39 is 42.3 Å². The zero-order chi connectivity index (χ0) is 26.4. The minimum Gasteiger partial charge on any atom is -0.458 e. The summed E-state index contributed by atoms with van der Waals surface area (Å²) < 4.78 is 25.5. The fourth-order valence-corrected chi connectivity index (χ4v) is 2.83. The van der Waals surface area contributed by atoms with E-state index in [1.807, 2.05) is 13.8 Å². The summed E-state index contributed by atoms with van der Waals surface area (Å²) in [5, 5.41) is 0. The van der Waals surface area contributed by atoms with Crippen LogP contribution in [0.1, 0.15) is 71.8 Å². The molecule has 2 N–H and O–H groups in total. The molecule has 0 amide bonds. The molecule has 10 nitrogen and oxygen atoms in total. The summed E-state index contributed by atoms with van der Waals surface area (Å²) in [5.41, 5.74) is 6.59. The Bertz CT molecular complexity index is 855. The molecule has 0 aliphatic rings. The van der Waals surface area contributed by atoms with Crippen LogP contribution in [0, 0.1) is 0 Å². The molecule has 0 heterocycles. The zero-order valence-corrected chi connectivity index (χ0v) is 21.2. The van der Waals surface area contributed by atoms with E-state index in [2.05, 4.69) is 4.74 Å². The van der Waals surface area contributed by atoms with E-state index in [0.717, 1.165) is 12.8 Å². The number of carbonyl (C=O) groups excluding carboxylic acids is 4. The standard InChI is InChI=1S/C25H37NO9/c1-6-8-10-22(27)34-20-13-12-18(15-21(20)35-23(28)11-9-7-2)14-19(26)24(29)32-16(3)17(4)33-25(30)31-5/h12-13,15-17,19H,6-11,14,26H2,1-5H3/t16-,17?,19-/m0/s1. The number of esters is 3. The first kappa shape index (κ1) is 29.9. The highest BCUT2D eigenvalue weighted by Crippen LogP contribution is 2.30. The smallest absolute Gasteiger partial charge is 0.458 e. The molecule has 0 aliphatic carbocycles. The monoisotopic (exact) mass is 495 g/mol. The lowest BCUT2D eigenvalue weighted by Crippen LogP contribution is -2.39. The third kappa shape index (κ3) is 11.2. The van der Waals surface area contributed by atoms with E-state index in [4.69, 9.17) is 24.7 Å². The Kier molecular flexibility index (Phi) is 13.4. The molecule has 1 unspecified atom stereocenters. The van der Waals surface area contributed by atoms with Crippen molar-refractivity contribution in [1.82, 2.24) is 0 Å². The maximum atomic E-state index is 12.4. The Morgan fingerprint density at radius 2 is 1.40 bits per heavy atom. The predicted molar refractivity (Wildman–Crippen MR) is 127 cm³/mol. The van der Waals surface area contributed by atoms with Gasteiger partial charge in [0, 0.05) is 12.8 Å². The molecule has 0 saturated carbocycles. The average molecular weight is 496 g/mol. The number of nitrogens with two attached hydrogens (primary N) is 1. The van der Waals surface area contributed by atoms with E-state index in [-0.39, 0.29) is 30.8 Å². The van der Waals surface area contributed by atoms with Gasteiger partial charge in [-0.3, -0.25) is 14.4 Å². The second kappa shape index (κ2) is 15.7. The van der Waals surface area contributed by atoms with Crippen molar-refractivity contribution in [3.8, 4) is 11.5 Å². The van der Waals surface area contributed by atoms with Crippen LogP contribution in [0.25, 0.3) is 0 Å². The van der Waals surface area contributed by atoms with Gasteiger partial charge in [-0.2, -0.15) is 0 Å². The summed E-state index contributed by atoms with van der Waals surface area (Å²) in [7, 11) is 1.18. The summed E-state index contributed by atoms with van der Waals surface area (Å²) in [4.78, 5) is 48.0. The van der Waals surface area contributed by atoms with Gasteiger partial charge < -0.3 is 29.4 Å². The van der Waals surface area contributed by atoms with Gasteiger partial charge in [0.25, 0.3) is 0 Å². The van der Waals surface area contributed by atoms with Crippen molar-refractivity contribution in [3.05, 3.63) is 23.8 Å². The Morgan fingerprint density at radius 1 is 0.857 bits per heavy atom. The lowest BCUT2D eigenvalue weighted by Gasteiger charge is -2.22. The Balaban J connectivity index is 2.91. The SMILES string of the molecule is CCCCC(=O)Oc1ccc(C[C@H](N)C(=O)O[C@@H](C)C(C)OC(=O)OC)cc1OC(=O)CCCC. The Labute approximate surface area is 206 Å². The molecule has 35 heavy (non-hydrogen) atoms. The minimum atomic E-state index is -1.04. The van der Waals surface area contributed by atoms with Crippen molar-refractivity contribution in [1.29, 1.82) is 0 Å². The van der Waals surface area contributed by atoms with Crippen molar-refractivity contribution in [3.63, 3.8) is 0 Å². The number of benzene rings is 1. The molecule has 0 aromatic heterocycles. The number of hydrogen-bond donors (Lipinski definition) is 1. The number of unbranched alkanes of at least 4 members (excludes halogenated alkanes) is 2. The lowest BCUT2D eigenvalue weighted by atomic mass is 10.1. The third-order valence-electron chi connectivity index (χ3n) is 5.09. The van der Waals surface area contributed by atoms with Gasteiger partial charge in [-0.05, 0) is 50.8 Å². The second-order valence-corrected chi connectivity index (χ2v) is 8.17. The van der Waals surface area contributed by atoms with Gasteiger partial charge in [-0.25, -0.2) is 4.79 Å². The minimum absolute atomic E-state index is 0.0708. The van der Waals surface area contributed by atoms with Gasteiger partial charge in [-0.15, -0.1) is 0 Å². The Hall–Kier alpha value is -3.14. The predicted octanol–water partition coefficient (Wildman–Crippen LogP) is 3.85. The highest BCUT2D eigenvalue weighted by atomic mass is 16.7. The fraction of sp³-hybridized carbons (Fsp3) is 0.600. The molecule has 0 fully saturated rings. The third-order valence-corrected chi connectivity index (χ3v) is 5.09. The van der Waals surface area contributed by atoms with E-state index in [9.17, 15) is 19.2 Å². The van der Waals surface area contributed by atoms with E-state index in [1.165, 1.54) is 19.2 Å². The number of carbonyl (C=O) groups is 4. The summed E-state index contributed by atoms with van der Waals surface area (Å²) in [5.74, 6) is -1.37. The van der Waals surface area contributed by atoms with Crippen molar-refractivity contribution >= 4 is 24.1 Å². The van der Waals surface area contributed by atoms with Crippen LogP contribution in [0.3, 0.4) is 0 Å². The van der Waals surface area contributed by atoms with Gasteiger partial charge in [0.15, 0.2) is 11.5 Å². The highest BCUT2D eigenvalue weighted by Gasteiger charge is 2.25. The Morgan fingerprint density at radius 3 is 1.94 bits per heavy atom. The fourth-order valence-electron chi connectivity index (χ4n) is 2.83. The van der Waals surface area contributed by atoms with Gasteiger partial charge in [0.2, 0.25) is 0 Å². The van der Waals surface area contributed by atoms with Crippen molar-refractivity contribution in [2.45, 2.75) is 90.9 Å². The van der Waals surface area contributed by atoms with Crippen LogP contribution in [0.5, 0.6) is 11.5 Å². The summed E-state index contributed by atoms with van der Waals surface area (Å²) >= 11 is 0. The first-order valence-electron chi connectivity index (χ1n) is 11.9. The van der Waals surface area contributed by atoms with E-state index in [1.54, 1.807) is 19.9 Å². The molecule has 0 radical (unpaired) electrons. The first-order valence-corrected chi connectivity index (χ1v) is 11.9. The molecule has 0 spiro atoms. The molecule has 196 valence electrons. The van der Waals surface area contributed by atoms with Gasteiger partial charge in [0.05, 0.1) is 7.11 Å².